The van der Waals surface area contributed by atoms with E-state index < -0.39 is 0 Å². The number of ether oxygens (including phenoxy) is 3. The number of methoxy groups -OCH3 is 1. The average molecular weight is 512 g/mol. The number of hydrogen-bond donors (Lipinski definition) is 1. The molecule has 1 amide bonds. The Morgan fingerprint density at radius 1 is 1.25 bits per heavy atom. The molecule has 8 nitrogen and oxygen atoms in total. The van der Waals surface area contributed by atoms with Crippen LogP contribution in [0.3, 0.4) is 0 Å². The van der Waals surface area contributed by atoms with Crippen LogP contribution in [0.1, 0.15) is 25.7 Å². The maximum Gasteiger partial charge on any atom is 0.243 e. The lowest BCUT2D eigenvalue weighted by Crippen LogP contribution is -2.48. The number of carbonyl (C=O) groups excluding carboxylic acids is 1. The molecular weight excluding hydrogens is 475 g/mol. The second kappa shape index (κ2) is 14.4. The van der Waals surface area contributed by atoms with Gasteiger partial charge in [0.05, 0.1) is 12.7 Å². The number of aliphatic imine (C=N–C) groups is 1. The van der Waals surface area contributed by atoms with Gasteiger partial charge in [0.2, 0.25) is 5.91 Å². The van der Waals surface area contributed by atoms with Gasteiger partial charge in [-0.05, 0) is 25.7 Å². The zero-order valence-electron chi connectivity index (χ0n) is 17.5. The molecule has 2 rings (SSSR count). The Kier molecular flexibility index (Phi) is 13.0. The van der Waals surface area contributed by atoms with Crippen molar-refractivity contribution >= 4 is 35.8 Å². The maximum absolute atomic E-state index is 11.9. The summed E-state index contributed by atoms with van der Waals surface area (Å²) in [6, 6.07) is 0. The molecule has 2 heterocycles. The van der Waals surface area contributed by atoms with Crippen molar-refractivity contribution in [3.8, 4) is 0 Å². The van der Waals surface area contributed by atoms with Gasteiger partial charge in [-0.15, -0.1) is 24.0 Å². The summed E-state index contributed by atoms with van der Waals surface area (Å²) in [6.45, 7) is 5.90. The summed E-state index contributed by atoms with van der Waals surface area (Å²) in [4.78, 5) is 20.3. The van der Waals surface area contributed by atoms with Gasteiger partial charge in [-0.1, -0.05) is 0 Å². The first-order valence-corrected chi connectivity index (χ1v) is 10.0. The number of guanidine groups is 1. The van der Waals surface area contributed by atoms with E-state index in [0.29, 0.717) is 12.0 Å². The first kappa shape index (κ1) is 25.4. The number of likely N-dealkylation sites (tertiary alicyclic amines) is 1. The maximum atomic E-state index is 11.9. The highest BCUT2D eigenvalue weighted by molar-refractivity contribution is 14.0. The van der Waals surface area contributed by atoms with Gasteiger partial charge < -0.3 is 29.3 Å². The molecule has 0 spiro atoms. The fraction of sp³-hybridized carbons (Fsp3) is 0.895. The summed E-state index contributed by atoms with van der Waals surface area (Å²) < 4.78 is 16.5. The normalized spacial score (nSPS) is 20.8. The molecule has 0 aliphatic carbocycles. The Labute approximate surface area is 186 Å². The minimum absolute atomic E-state index is 0. The van der Waals surface area contributed by atoms with E-state index in [1.807, 2.05) is 0 Å². The zero-order chi connectivity index (χ0) is 19.5. The van der Waals surface area contributed by atoms with Crippen molar-refractivity contribution in [1.29, 1.82) is 0 Å². The van der Waals surface area contributed by atoms with Crippen LogP contribution in [0.25, 0.3) is 0 Å². The zero-order valence-corrected chi connectivity index (χ0v) is 19.9. The third-order valence-electron chi connectivity index (χ3n) is 5.02. The van der Waals surface area contributed by atoms with E-state index >= 15 is 0 Å². The summed E-state index contributed by atoms with van der Waals surface area (Å²) in [5, 5.41) is 3.47. The second-order valence-electron chi connectivity index (χ2n) is 7.44. The number of rotatable bonds is 9. The molecule has 2 saturated heterocycles. The number of hydrogen-bond acceptors (Lipinski definition) is 5. The lowest BCUT2D eigenvalue weighted by atomic mass is 10.1. The lowest BCUT2D eigenvalue weighted by Gasteiger charge is -2.34. The molecule has 1 N–H and O–H groups in total. The van der Waals surface area contributed by atoms with Crippen LogP contribution in [0.15, 0.2) is 4.99 Å². The SMILES string of the molecule is COCCCOC1CCN(C(=NCC(=O)N(C)C)NCC2CCOC2)CC1.I. The van der Waals surface area contributed by atoms with Gasteiger partial charge in [0.1, 0.15) is 6.54 Å². The number of carbonyl (C=O) groups is 1. The third kappa shape index (κ3) is 9.23. The summed E-state index contributed by atoms with van der Waals surface area (Å²) in [5.41, 5.74) is 0. The van der Waals surface area contributed by atoms with Gasteiger partial charge in [-0.3, -0.25) is 4.79 Å². The van der Waals surface area contributed by atoms with Gasteiger partial charge in [-0.25, -0.2) is 4.99 Å². The predicted octanol–water partition coefficient (Wildman–Crippen LogP) is 1.19. The van der Waals surface area contributed by atoms with E-state index in [9.17, 15) is 4.79 Å². The molecule has 0 aromatic heterocycles. The fourth-order valence-corrected chi connectivity index (χ4v) is 3.22. The van der Waals surface area contributed by atoms with Crippen LogP contribution < -0.4 is 5.32 Å². The molecule has 28 heavy (non-hydrogen) atoms. The number of piperidine rings is 1. The smallest absolute Gasteiger partial charge is 0.243 e. The molecule has 0 radical (unpaired) electrons. The van der Waals surface area contributed by atoms with Crippen LogP contribution in [0.4, 0.5) is 0 Å². The molecular formula is C19H37IN4O4. The highest BCUT2D eigenvalue weighted by Gasteiger charge is 2.23. The van der Waals surface area contributed by atoms with Crippen LogP contribution in [-0.2, 0) is 19.0 Å². The van der Waals surface area contributed by atoms with Crippen LogP contribution in [-0.4, -0.2) is 102 Å². The van der Waals surface area contributed by atoms with Crippen molar-refractivity contribution in [2.75, 3.05) is 73.8 Å². The van der Waals surface area contributed by atoms with E-state index in [2.05, 4.69) is 15.2 Å². The molecule has 1 atom stereocenters. The first-order valence-electron chi connectivity index (χ1n) is 10.0. The minimum Gasteiger partial charge on any atom is -0.385 e. The van der Waals surface area contributed by atoms with E-state index in [1.165, 1.54) is 0 Å². The topological polar surface area (TPSA) is 75.6 Å². The third-order valence-corrected chi connectivity index (χ3v) is 5.02. The van der Waals surface area contributed by atoms with Crippen molar-refractivity contribution in [2.45, 2.75) is 31.8 Å². The minimum atomic E-state index is 0. The molecule has 2 aliphatic heterocycles. The summed E-state index contributed by atoms with van der Waals surface area (Å²) in [5.74, 6) is 1.35. The van der Waals surface area contributed by atoms with Gasteiger partial charge in [0.25, 0.3) is 0 Å². The first-order chi connectivity index (χ1) is 13.1. The van der Waals surface area contributed by atoms with Crippen molar-refractivity contribution in [1.82, 2.24) is 15.1 Å². The van der Waals surface area contributed by atoms with Crippen LogP contribution in [0.5, 0.6) is 0 Å². The molecule has 0 aromatic carbocycles. The quantitative estimate of drug-likeness (QED) is 0.217. The molecule has 164 valence electrons. The summed E-state index contributed by atoms with van der Waals surface area (Å²) >= 11 is 0. The van der Waals surface area contributed by atoms with Gasteiger partial charge >= 0.3 is 0 Å². The van der Waals surface area contributed by atoms with Crippen molar-refractivity contribution < 1.29 is 19.0 Å². The Morgan fingerprint density at radius 3 is 2.61 bits per heavy atom. The summed E-state index contributed by atoms with van der Waals surface area (Å²) in [6.07, 6.45) is 4.25. The molecule has 2 aliphatic rings. The van der Waals surface area contributed by atoms with E-state index in [-0.39, 0.29) is 36.4 Å². The number of amides is 1. The fourth-order valence-electron chi connectivity index (χ4n) is 3.22. The van der Waals surface area contributed by atoms with Gasteiger partial charge in [0.15, 0.2) is 5.96 Å². The van der Waals surface area contributed by atoms with Gasteiger partial charge in [0, 0.05) is 66.6 Å². The second-order valence-corrected chi connectivity index (χ2v) is 7.44. The number of nitrogens with zero attached hydrogens (tertiary/aromatic N) is 3. The van der Waals surface area contributed by atoms with E-state index in [4.69, 9.17) is 14.2 Å². The summed E-state index contributed by atoms with van der Waals surface area (Å²) in [7, 11) is 5.23. The largest absolute Gasteiger partial charge is 0.385 e. The number of likely N-dealkylation sites (N-methyl/N-ethyl adjacent to an activating group) is 1. The highest BCUT2D eigenvalue weighted by Crippen LogP contribution is 2.15. The molecule has 2 fully saturated rings. The van der Waals surface area contributed by atoms with Crippen LogP contribution >= 0.6 is 24.0 Å². The predicted molar refractivity (Wildman–Crippen MR) is 120 cm³/mol. The van der Waals surface area contributed by atoms with Crippen LogP contribution in [0.2, 0.25) is 0 Å². The van der Waals surface area contributed by atoms with E-state index in [0.717, 1.165) is 77.7 Å². The van der Waals surface area contributed by atoms with Crippen LogP contribution in [0, 0.1) is 5.92 Å². The standard InChI is InChI=1S/C19H36N4O4.HI/c1-22(2)18(24)14-21-19(20-13-16-7-12-26-15-16)23-8-5-17(6-9-23)27-11-4-10-25-3;/h16-17H,4-15H2,1-3H3,(H,20,21);1H. The molecule has 0 aromatic rings. The molecule has 0 saturated carbocycles. The van der Waals surface area contributed by atoms with Gasteiger partial charge in [-0.2, -0.15) is 0 Å². The Bertz CT molecular complexity index is 465. The van der Waals surface area contributed by atoms with Crippen molar-refractivity contribution in [3.63, 3.8) is 0 Å². The Balaban J connectivity index is 0.00000392. The number of halogens is 1. The molecule has 9 heteroatoms. The lowest BCUT2D eigenvalue weighted by molar-refractivity contribution is -0.127. The number of nitrogens with one attached hydrogen (secondary N) is 1. The Morgan fingerprint density at radius 2 is 2.00 bits per heavy atom. The monoisotopic (exact) mass is 512 g/mol. The van der Waals surface area contributed by atoms with Crippen molar-refractivity contribution in [3.05, 3.63) is 0 Å². The van der Waals surface area contributed by atoms with E-state index in [1.54, 1.807) is 26.1 Å². The highest BCUT2D eigenvalue weighted by atomic mass is 127. The molecule has 0 bridgehead atoms. The molecule has 1 unspecified atom stereocenters. The van der Waals surface area contributed by atoms with Crippen molar-refractivity contribution in [2.24, 2.45) is 10.9 Å². The Hall–Kier alpha value is -0.650. The average Bonchev–Trinajstić information content (AvgIpc) is 3.19.